The molecule has 1 heterocycles. The van der Waals surface area contributed by atoms with Crippen LogP contribution >= 0.6 is 24.0 Å². The fourth-order valence-electron chi connectivity index (χ4n) is 2.60. The highest BCUT2D eigenvalue weighted by molar-refractivity contribution is 14.0. The normalized spacial score (nSPS) is 17.5. The molecule has 21 heavy (non-hydrogen) atoms. The van der Waals surface area contributed by atoms with Gasteiger partial charge in [-0.1, -0.05) is 33.1 Å². The van der Waals surface area contributed by atoms with E-state index in [0.29, 0.717) is 5.96 Å². The third kappa shape index (κ3) is 11.2. The van der Waals surface area contributed by atoms with Crippen molar-refractivity contribution in [2.45, 2.75) is 58.8 Å². The minimum absolute atomic E-state index is 0. The van der Waals surface area contributed by atoms with Crippen molar-refractivity contribution in [3.63, 3.8) is 0 Å². The standard InChI is InChI=1S/C16H34N4.HI/c1-3-4-5-6-10-18-16(17)19-11-7-12-20-13-8-15(2)9-14-20;/h15H,3-14H2,1-2H3,(H3,17,18,19);1H. The number of aliphatic imine (C=N–C) groups is 1. The summed E-state index contributed by atoms with van der Waals surface area (Å²) in [7, 11) is 0. The predicted octanol–water partition coefficient (Wildman–Crippen LogP) is 3.21. The molecule has 0 unspecified atom stereocenters. The molecule has 0 aromatic carbocycles. The summed E-state index contributed by atoms with van der Waals surface area (Å²) in [6.45, 7) is 10.1. The molecule has 1 aliphatic rings. The first-order chi connectivity index (χ1) is 9.72. The van der Waals surface area contributed by atoms with Crippen LogP contribution < -0.4 is 11.1 Å². The maximum absolute atomic E-state index is 5.85. The van der Waals surface area contributed by atoms with Gasteiger partial charge >= 0.3 is 0 Å². The van der Waals surface area contributed by atoms with Crippen molar-refractivity contribution in [3.05, 3.63) is 0 Å². The van der Waals surface area contributed by atoms with E-state index in [0.717, 1.165) is 25.4 Å². The molecule has 5 heteroatoms. The Hall–Kier alpha value is -0.0400. The van der Waals surface area contributed by atoms with Crippen LogP contribution in [0.4, 0.5) is 0 Å². The lowest BCUT2D eigenvalue weighted by Gasteiger charge is -2.29. The Morgan fingerprint density at radius 1 is 1.19 bits per heavy atom. The lowest BCUT2D eigenvalue weighted by atomic mass is 9.99. The average molecular weight is 410 g/mol. The molecule has 4 nitrogen and oxygen atoms in total. The van der Waals surface area contributed by atoms with Crippen LogP contribution in [-0.2, 0) is 0 Å². The number of guanidine groups is 1. The van der Waals surface area contributed by atoms with Crippen molar-refractivity contribution in [2.24, 2.45) is 16.6 Å². The van der Waals surface area contributed by atoms with E-state index in [1.165, 1.54) is 58.2 Å². The number of nitrogens with one attached hydrogen (secondary N) is 1. The van der Waals surface area contributed by atoms with Crippen molar-refractivity contribution >= 4 is 29.9 Å². The first-order valence-corrected chi connectivity index (χ1v) is 8.48. The fraction of sp³-hybridized carbons (Fsp3) is 0.938. The van der Waals surface area contributed by atoms with E-state index < -0.39 is 0 Å². The number of nitrogens with zero attached hydrogens (tertiary/aromatic N) is 2. The van der Waals surface area contributed by atoms with E-state index in [1.54, 1.807) is 0 Å². The van der Waals surface area contributed by atoms with Crippen molar-refractivity contribution in [1.29, 1.82) is 0 Å². The number of likely N-dealkylation sites (tertiary alicyclic amines) is 1. The second-order valence-electron chi connectivity index (χ2n) is 6.13. The van der Waals surface area contributed by atoms with Gasteiger partial charge in [0.1, 0.15) is 0 Å². The van der Waals surface area contributed by atoms with Crippen LogP contribution in [0.5, 0.6) is 0 Å². The zero-order valence-electron chi connectivity index (χ0n) is 13.9. The minimum Gasteiger partial charge on any atom is -0.370 e. The second-order valence-corrected chi connectivity index (χ2v) is 6.13. The number of hydrogen-bond acceptors (Lipinski definition) is 2. The number of rotatable bonds is 9. The molecule has 0 amide bonds. The van der Waals surface area contributed by atoms with Crippen molar-refractivity contribution in [1.82, 2.24) is 10.2 Å². The Bertz CT molecular complexity index is 263. The fourth-order valence-corrected chi connectivity index (χ4v) is 2.60. The van der Waals surface area contributed by atoms with E-state index in [1.807, 2.05) is 0 Å². The summed E-state index contributed by atoms with van der Waals surface area (Å²) in [5.41, 5.74) is 5.85. The van der Waals surface area contributed by atoms with E-state index >= 15 is 0 Å². The summed E-state index contributed by atoms with van der Waals surface area (Å²) in [6.07, 6.45) is 8.88. The van der Waals surface area contributed by atoms with Gasteiger partial charge < -0.3 is 16.0 Å². The Morgan fingerprint density at radius 3 is 2.57 bits per heavy atom. The lowest BCUT2D eigenvalue weighted by molar-refractivity contribution is 0.192. The predicted molar refractivity (Wildman–Crippen MR) is 104 cm³/mol. The molecular formula is C16H35IN4. The summed E-state index contributed by atoms with van der Waals surface area (Å²) < 4.78 is 0. The van der Waals surface area contributed by atoms with Crippen molar-refractivity contribution in [2.75, 3.05) is 32.7 Å². The molecule has 126 valence electrons. The van der Waals surface area contributed by atoms with Gasteiger partial charge in [0.25, 0.3) is 0 Å². The molecular weight excluding hydrogens is 375 g/mol. The maximum atomic E-state index is 5.85. The quantitative estimate of drug-likeness (QED) is 0.266. The van der Waals surface area contributed by atoms with Gasteiger partial charge in [-0.3, -0.25) is 4.99 Å². The zero-order valence-corrected chi connectivity index (χ0v) is 16.3. The summed E-state index contributed by atoms with van der Waals surface area (Å²) in [4.78, 5) is 6.96. The molecule has 0 aliphatic carbocycles. The molecule has 0 aromatic rings. The van der Waals surface area contributed by atoms with Gasteiger partial charge in [0.2, 0.25) is 0 Å². The molecule has 1 saturated heterocycles. The minimum atomic E-state index is 0. The van der Waals surface area contributed by atoms with E-state index in [-0.39, 0.29) is 24.0 Å². The zero-order chi connectivity index (χ0) is 14.6. The monoisotopic (exact) mass is 410 g/mol. The van der Waals surface area contributed by atoms with Crippen LogP contribution in [0.15, 0.2) is 4.99 Å². The van der Waals surface area contributed by atoms with Crippen LogP contribution in [0.3, 0.4) is 0 Å². The highest BCUT2D eigenvalue weighted by atomic mass is 127. The summed E-state index contributed by atoms with van der Waals surface area (Å²) >= 11 is 0. The molecule has 1 aliphatic heterocycles. The Morgan fingerprint density at radius 2 is 1.90 bits per heavy atom. The van der Waals surface area contributed by atoms with E-state index in [4.69, 9.17) is 5.73 Å². The molecule has 1 fully saturated rings. The molecule has 0 spiro atoms. The van der Waals surface area contributed by atoms with Gasteiger partial charge in [0.15, 0.2) is 5.96 Å². The van der Waals surface area contributed by atoms with E-state index in [9.17, 15) is 0 Å². The van der Waals surface area contributed by atoms with Gasteiger partial charge in [-0.15, -0.1) is 24.0 Å². The lowest BCUT2D eigenvalue weighted by Crippen LogP contribution is -2.34. The average Bonchev–Trinajstić information content (AvgIpc) is 2.45. The molecule has 0 radical (unpaired) electrons. The van der Waals surface area contributed by atoms with E-state index in [2.05, 4.69) is 29.1 Å². The Kier molecular flexibility index (Phi) is 13.6. The Labute approximate surface area is 148 Å². The number of hydrogen-bond donors (Lipinski definition) is 2. The largest absolute Gasteiger partial charge is 0.370 e. The van der Waals surface area contributed by atoms with Gasteiger partial charge in [-0.2, -0.15) is 0 Å². The molecule has 0 aromatic heterocycles. The van der Waals surface area contributed by atoms with Gasteiger partial charge in [-0.05, 0) is 51.2 Å². The van der Waals surface area contributed by atoms with Crippen LogP contribution in [0.1, 0.15) is 58.8 Å². The van der Waals surface area contributed by atoms with Crippen molar-refractivity contribution in [3.8, 4) is 0 Å². The highest BCUT2D eigenvalue weighted by Gasteiger charge is 2.14. The van der Waals surface area contributed by atoms with Gasteiger partial charge in [-0.25, -0.2) is 0 Å². The van der Waals surface area contributed by atoms with Crippen LogP contribution in [0.25, 0.3) is 0 Å². The number of piperidine rings is 1. The molecule has 0 bridgehead atoms. The van der Waals surface area contributed by atoms with Crippen LogP contribution in [-0.4, -0.2) is 43.6 Å². The molecule has 0 saturated carbocycles. The third-order valence-corrected chi connectivity index (χ3v) is 4.13. The second kappa shape index (κ2) is 13.6. The number of nitrogens with two attached hydrogens (primary N) is 1. The SMILES string of the molecule is CCCCCCNC(N)=NCCCN1CCC(C)CC1.I. The van der Waals surface area contributed by atoms with Crippen LogP contribution in [0, 0.1) is 5.92 Å². The summed E-state index contributed by atoms with van der Waals surface area (Å²) in [5.74, 6) is 1.53. The highest BCUT2D eigenvalue weighted by Crippen LogP contribution is 2.15. The first-order valence-electron chi connectivity index (χ1n) is 8.48. The van der Waals surface area contributed by atoms with Gasteiger partial charge in [0, 0.05) is 13.1 Å². The number of halogens is 1. The molecule has 0 atom stereocenters. The first kappa shape index (κ1) is 21.0. The van der Waals surface area contributed by atoms with Crippen LogP contribution in [0.2, 0.25) is 0 Å². The number of unbranched alkanes of at least 4 members (excludes halogenated alkanes) is 3. The van der Waals surface area contributed by atoms with Gasteiger partial charge in [0.05, 0.1) is 0 Å². The maximum Gasteiger partial charge on any atom is 0.188 e. The third-order valence-electron chi connectivity index (χ3n) is 4.13. The topological polar surface area (TPSA) is 53.6 Å². The van der Waals surface area contributed by atoms with Crippen molar-refractivity contribution < 1.29 is 0 Å². The Balaban J connectivity index is 0.00000400. The summed E-state index contributed by atoms with van der Waals surface area (Å²) in [6, 6.07) is 0. The summed E-state index contributed by atoms with van der Waals surface area (Å²) in [5, 5.41) is 3.20. The molecule has 3 N–H and O–H groups in total. The molecule has 1 rings (SSSR count). The smallest absolute Gasteiger partial charge is 0.188 e.